The van der Waals surface area contributed by atoms with E-state index in [1.165, 1.54) is 0 Å². The van der Waals surface area contributed by atoms with Crippen LogP contribution in [0.25, 0.3) is 0 Å². The normalized spacial score (nSPS) is 26.8. The van der Waals surface area contributed by atoms with Crippen LogP contribution >= 0.6 is 0 Å². The zero-order chi connectivity index (χ0) is 11.8. The van der Waals surface area contributed by atoms with Gasteiger partial charge in [0.1, 0.15) is 5.41 Å². The molecule has 1 unspecified atom stereocenters. The van der Waals surface area contributed by atoms with Gasteiger partial charge in [0, 0.05) is 26.1 Å². The maximum absolute atomic E-state index is 12.0. The van der Waals surface area contributed by atoms with Crippen molar-refractivity contribution in [3.63, 3.8) is 0 Å². The minimum Gasteiger partial charge on any atom is -0.480 e. The lowest BCUT2D eigenvalue weighted by atomic mass is 10.1. The van der Waals surface area contributed by atoms with E-state index in [-0.39, 0.29) is 5.91 Å². The Morgan fingerprint density at radius 1 is 1.50 bits per heavy atom. The Labute approximate surface area is 94.4 Å². The summed E-state index contributed by atoms with van der Waals surface area (Å²) in [6.07, 6.45) is 1.90. The van der Waals surface area contributed by atoms with Crippen molar-refractivity contribution in [3.05, 3.63) is 0 Å². The van der Waals surface area contributed by atoms with Crippen molar-refractivity contribution >= 4 is 11.9 Å². The van der Waals surface area contributed by atoms with Crippen LogP contribution in [0.3, 0.4) is 0 Å². The van der Waals surface area contributed by atoms with Crippen LogP contribution in [-0.4, -0.2) is 48.7 Å². The summed E-state index contributed by atoms with van der Waals surface area (Å²) in [5.74, 6) is -0.801. The Morgan fingerprint density at radius 3 is 2.69 bits per heavy atom. The van der Waals surface area contributed by atoms with Crippen LogP contribution in [0.2, 0.25) is 0 Å². The molecule has 16 heavy (non-hydrogen) atoms. The van der Waals surface area contributed by atoms with Crippen molar-refractivity contribution in [2.75, 3.05) is 26.8 Å². The van der Waals surface area contributed by atoms with Gasteiger partial charge in [-0.3, -0.25) is 9.59 Å². The van der Waals surface area contributed by atoms with Crippen molar-refractivity contribution in [1.82, 2.24) is 4.90 Å². The van der Waals surface area contributed by atoms with Gasteiger partial charge in [0.25, 0.3) is 0 Å². The first kappa shape index (κ1) is 11.4. The van der Waals surface area contributed by atoms with Gasteiger partial charge >= 0.3 is 5.97 Å². The van der Waals surface area contributed by atoms with Crippen LogP contribution in [0, 0.1) is 11.3 Å². The molecule has 0 bridgehead atoms. The second-order valence-electron chi connectivity index (χ2n) is 4.75. The third kappa shape index (κ3) is 1.80. The lowest BCUT2D eigenvalue weighted by molar-refractivity contribution is -0.153. The number of rotatable bonds is 4. The minimum absolute atomic E-state index is 0.196. The van der Waals surface area contributed by atoms with E-state index in [1.54, 1.807) is 12.0 Å². The number of carboxylic acids is 1. The zero-order valence-corrected chi connectivity index (χ0v) is 9.44. The van der Waals surface area contributed by atoms with Crippen LogP contribution in [0.5, 0.6) is 0 Å². The summed E-state index contributed by atoms with van der Waals surface area (Å²) in [6, 6.07) is 0. The van der Waals surface area contributed by atoms with Crippen LogP contribution in [0.4, 0.5) is 0 Å². The number of carboxylic acid groups (broad SMARTS) is 1. The molecule has 1 aliphatic heterocycles. The topological polar surface area (TPSA) is 66.8 Å². The Morgan fingerprint density at radius 2 is 2.19 bits per heavy atom. The van der Waals surface area contributed by atoms with Crippen LogP contribution < -0.4 is 0 Å². The predicted octanol–water partition coefficient (Wildman–Crippen LogP) is 0.346. The maximum Gasteiger partial charge on any atom is 0.319 e. The molecular weight excluding hydrogens is 210 g/mol. The monoisotopic (exact) mass is 227 g/mol. The molecule has 0 aromatic rings. The molecule has 0 aromatic carbocycles. The summed E-state index contributed by atoms with van der Waals surface area (Å²) in [7, 11) is 1.64. The second kappa shape index (κ2) is 4.05. The Balaban J connectivity index is 1.95. The quantitative estimate of drug-likeness (QED) is 0.703. The molecule has 5 nitrogen and oxygen atoms in total. The zero-order valence-electron chi connectivity index (χ0n) is 9.44. The molecule has 2 fully saturated rings. The number of methoxy groups -OCH3 is 1. The largest absolute Gasteiger partial charge is 0.480 e. The molecule has 5 heteroatoms. The third-order valence-corrected chi connectivity index (χ3v) is 3.54. The number of likely N-dealkylation sites (tertiary alicyclic amines) is 1. The lowest BCUT2D eigenvalue weighted by Crippen LogP contribution is -2.39. The molecule has 1 amide bonds. The van der Waals surface area contributed by atoms with E-state index < -0.39 is 11.4 Å². The summed E-state index contributed by atoms with van der Waals surface area (Å²) in [6.45, 7) is 1.95. The first-order chi connectivity index (χ1) is 7.60. The predicted molar refractivity (Wildman–Crippen MR) is 55.9 cm³/mol. The number of hydrogen-bond acceptors (Lipinski definition) is 3. The van der Waals surface area contributed by atoms with Gasteiger partial charge in [-0.15, -0.1) is 0 Å². The van der Waals surface area contributed by atoms with E-state index >= 15 is 0 Å². The van der Waals surface area contributed by atoms with Crippen molar-refractivity contribution in [1.29, 1.82) is 0 Å². The number of aliphatic carboxylic acids is 1. The molecular formula is C11H17NO4. The van der Waals surface area contributed by atoms with Gasteiger partial charge in [-0.25, -0.2) is 0 Å². The second-order valence-corrected chi connectivity index (χ2v) is 4.75. The van der Waals surface area contributed by atoms with E-state index in [2.05, 4.69) is 0 Å². The molecule has 0 radical (unpaired) electrons. The fourth-order valence-corrected chi connectivity index (χ4v) is 2.34. The highest BCUT2D eigenvalue weighted by Gasteiger charge is 2.59. The van der Waals surface area contributed by atoms with Crippen LogP contribution in [-0.2, 0) is 14.3 Å². The summed E-state index contributed by atoms with van der Waals surface area (Å²) in [5, 5.41) is 9.03. The molecule has 1 heterocycles. The highest BCUT2D eigenvalue weighted by molar-refractivity contribution is 6.04. The SMILES string of the molecule is COCC1CCN(C(=O)C2(C(=O)O)CC2)C1. The lowest BCUT2D eigenvalue weighted by Gasteiger charge is -2.20. The van der Waals surface area contributed by atoms with E-state index in [1.807, 2.05) is 0 Å². The molecule has 90 valence electrons. The summed E-state index contributed by atoms with van der Waals surface area (Å²) < 4.78 is 5.05. The first-order valence-corrected chi connectivity index (χ1v) is 5.62. The van der Waals surface area contributed by atoms with E-state index in [0.717, 1.165) is 6.42 Å². The number of carbonyl (C=O) groups is 2. The molecule has 1 aliphatic carbocycles. The number of hydrogen-bond donors (Lipinski definition) is 1. The number of ether oxygens (including phenoxy) is 1. The number of nitrogens with zero attached hydrogens (tertiary/aromatic N) is 1. The van der Waals surface area contributed by atoms with Gasteiger partial charge in [0.05, 0.1) is 6.61 Å². The summed E-state index contributed by atoms with van der Waals surface area (Å²) in [5.41, 5.74) is -1.08. The minimum atomic E-state index is -1.08. The van der Waals surface area contributed by atoms with Gasteiger partial charge in [0.15, 0.2) is 0 Å². The van der Waals surface area contributed by atoms with E-state index in [0.29, 0.717) is 38.5 Å². The Kier molecular flexibility index (Phi) is 2.88. The fourth-order valence-electron chi connectivity index (χ4n) is 2.34. The van der Waals surface area contributed by atoms with Crippen molar-refractivity contribution < 1.29 is 19.4 Å². The van der Waals surface area contributed by atoms with E-state index in [4.69, 9.17) is 9.84 Å². The molecule has 2 rings (SSSR count). The summed E-state index contributed by atoms with van der Waals surface area (Å²) in [4.78, 5) is 24.7. The Hall–Kier alpha value is -1.10. The summed E-state index contributed by atoms with van der Waals surface area (Å²) >= 11 is 0. The molecule has 1 saturated carbocycles. The van der Waals surface area contributed by atoms with E-state index in [9.17, 15) is 9.59 Å². The number of amides is 1. The first-order valence-electron chi connectivity index (χ1n) is 5.62. The van der Waals surface area contributed by atoms with Crippen molar-refractivity contribution in [2.45, 2.75) is 19.3 Å². The molecule has 1 N–H and O–H groups in total. The van der Waals surface area contributed by atoms with Gasteiger partial charge in [-0.05, 0) is 19.3 Å². The van der Waals surface area contributed by atoms with Crippen molar-refractivity contribution in [3.8, 4) is 0 Å². The molecule has 2 aliphatic rings. The highest BCUT2D eigenvalue weighted by Crippen LogP contribution is 2.48. The van der Waals surface area contributed by atoms with Gasteiger partial charge in [-0.1, -0.05) is 0 Å². The van der Waals surface area contributed by atoms with Crippen LogP contribution in [0.15, 0.2) is 0 Å². The molecule has 1 saturated heterocycles. The molecule has 0 spiro atoms. The smallest absolute Gasteiger partial charge is 0.319 e. The van der Waals surface area contributed by atoms with Crippen molar-refractivity contribution in [2.24, 2.45) is 11.3 Å². The standard InChI is InChI=1S/C11H17NO4/c1-16-7-8-2-5-12(6-8)9(13)11(3-4-11)10(14)15/h8H,2-7H2,1H3,(H,14,15). The Bertz CT molecular complexity index is 311. The van der Waals surface area contributed by atoms with Gasteiger partial charge < -0.3 is 14.7 Å². The highest BCUT2D eigenvalue weighted by atomic mass is 16.5. The van der Waals surface area contributed by atoms with Gasteiger partial charge in [0.2, 0.25) is 5.91 Å². The average Bonchev–Trinajstić information content (AvgIpc) is 2.94. The molecule has 1 atom stereocenters. The molecule has 0 aromatic heterocycles. The number of carbonyl (C=O) groups excluding carboxylic acids is 1. The fraction of sp³-hybridized carbons (Fsp3) is 0.818. The van der Waals surface area contributed by atoms with Crippen LogP contribution in [0.1, 0.15) is 19.3 Å². The third-order valence-electron chi connectivity index (χ3n) is 3.54. The average molecular weight is 227 g/mol. The maximum atomic E-state index is 12.0. The van der Waals surface area contributed by atoms with Gasteiger partial charge in [-0.2, -0.15) is 0 Å².